The van der Waals surface area contributed by atoms with E-state index in [1.54, 1.807) is 4.90 Å². The van der Waals surface area contributed by atoms with Crippen LogP contribution in [-0.4, -0.2) is 22.8 Å². The normalized spacial score (nSPS) is 28.3. The summed E-state index contributed by atoms with van der Waals surface area (Å²) >= 11 is 3.47. The van der Waals surface area contributed by atoms with Crippen molar-refractivity contribution in [2.24, 2.45) is 11.8 Å². The van der Waals surface area contributed by atoms with Crippen molar-refractivity contribution in [3.63, 3.8) is 0 Å². The second-order valence-corrected chi connectivity index (χ2v) is 9.47. The van der Waals surface area contributed by atoms with E-state index in [0.717, 1.165) is 35.0 Å². The first-order valence-electron chi connectivity index (χ1n) is 10.4. The van der Waals surface area contributed by atoms with E-state index in [1.165, 1.54) is 0 Å². The molecule has 2 aliphatic heterocycles. The molecule has 0 N–H and O–H groups in total. The fourth-order valence-corrected chi connectivity index (χ4v) is 5.20. The lowest BCUT2D eigenvalue weighted by atomic mass is 9.74. The number of Topliss-reactive ketones (excluding diaryl/α,β-unsaturated/α-hetero) is 1. The molecule has 0 radical (unpaired) electrons. The maximum atomic E-state index is 13.7. The molecule has 6 heteroatoms. The van der Waals surface area contributed by atoms with Gasteiger partial charge in [0.2, 0.25) is 0 Å². The predicted molar refractivity (Wildman–Crippen MR) is 117 cm³/mol. The number of ketones is 1. The Balaban J connectivity index is 1.65. The number of nitrogens with zero attached hydrogens (tertiary/aromatic N) is 2. The van der Waals surface area contributed by atoms with E-state index >= 15 is 0 Å². The molecule has 1 aromatic heterocycles. The van der Waals surface area contributed by atoms with Gasteiger partial charge in [0, 0.05) is 10.2 Å². The van der Waals surface area contributed by atoms with E-state index in [2.05, 4.69) is 27.8 Å². The van der Waals surface area contributed by atoms with Crippen LogP contribution in [0.25, 0.3) is 0 Å². The van der Waals surface area contributed by atoms with Gasteiger partial charge in [-0.3, -0.25) is 14.5 Å². The zero-order chi connectivity index (χ0) is 21.0. The molecule has 1 aliphatic carbocycles. The lowest BCUT2D eigenvalue weighted by molar-refractivity contribution is -0.132. The van der Waals surface area contributed by atoms with Crippen LogP contribution >= 0.6 is 15.9 Å². The number of aryl methyl sites for hydroxylation is 1. The Morgan fingerprint density at radius 1 is 1.10 bits per heavy atom. The maximum Gasteiger partial charge on any atom is 0.295 e. The molecule has 2 aromatic rings. The van der Waals surface area contributed by atoms with Crippen LogP contribution in [0.4, 0.5) is 5.82 Å². The van der Waals surface area contributed by atoms with Crippen molar-refractivity contribution in [3.05, 3.63) is 69.5 Å². The van der Waals surface area contributed by atoms with Crippen molar-refractivity contribution in [1.29, 1.82) is 0 Å². The Morgan fingerprint density at radius 3 is 2.60 bits per heavy atom. The number of benzene rings is 1. The van der Waals surface area contributed by atoms with Gasteiger partial charge < -0.3 is 4.74 Å². The standard InChI is InChI=1S/C24H23BrN2O3/c1-13-6-11-18-17(12-13)22(28)20-21(15-7-9-16(25)10-8-15)27(24(29)23(20)30-18)19-5-3-4-14(2)26-19/h3-5,7-10,13,17-18,21H,6,11-12H2,1-2H3. The Labute approximate surface area is 184 Å². The SMILES string of the molecule is Cc1cccc(N2C(=O)C3=C(C(=O)C4CC(C)CCC4O3)C2c2ccc(Br)cc2)n1. The first-order valence-corrected chi connectivity index (χ1v) is 11.2. The minimum atomic E-state index is -0.527. The number of pyridine rings is 1. The third-order valence-electron chi connectivity index (χ3n) is 6.42. The molecule has 0 saturated heterocycles. The zero-order valence-electron chi connectivity index (χ0n) is 17.0. The largest absolute Gasteiger partial charge is 0.483 e. The van der Waals surface area contributed by atoms with Crippen molar-refractivity contribution in [3.8, 4) is 0 Å². The number of hydrogen-bond acceptors (Lipinski definition) is 4. The van der Waals surface area contributed by atoms with E-state index < -0.39 is 6.04 Å². The van der Waals surface area contributed by atoms with Gasteiger partial charge >= 0.3 is 0 Å². The lowest BCUT2D eigenvalue weighted by Gasteiger charge is -2.37. The zero-order valence-corrected chi connectivity index (χ0v) is 18.6. The summed E-state index contributed by atoms with van der Waals surface area (Å²) in [7, 11) is 0. The average molecular weight is 467 g/mol. The minimum absolute atomic E-state index is 0.0595. The number of carbonyl (C=O) groups is 2. The minimum Gasteiger partial charge on any atom is -0.483 e. The summed E-state index contributed by atoms with van der Waals surface area (Å²) in [6.07, 6.45) is 2.44. The fraction of sp³-hybridized carbons (Fsp3) is 0.375. The van der Waals surface area contributed by atoms with Gasteiger partial charge in [-0.05, 0) is 61.9 Å². The summed E-state index contributed by atoms with van der Waals surface area (Å²) in [4.78, 5) is 33.4. The molecule has 30 heavy (non-hydrogen) atoms. The molecule has 4 atom stereocenters. The van der Waals surface area contributed by atoms with Gasteiger partial charge in [-0.15, -0.1) is 0 Å². The summed E-state index contributed by atoms with van der Waals surface area (Å²) in [5, 5.41) is 0. The molecule has 3 aliphatic rings. The highest BCUT2D eigenvalue weighted by Crippen LogP contribution is 2.48. The second-order valence-electron chi connectivity index (χ2n) is 8.55. The van der Waals surface area contributed by atoms with Crippen molar-refractivity contribution in [2.75, 3.05) is 4.90 Å². The monoisotopic (exact) mass is 466 g/mol. The number of hydrogen-bond donors (Lipinski definition) is 0. The Bertz CT molecular complexity index is 1060. The third-order valence-corrected chi connectivity index (χ3v) is 6.94. The number of rotatable bonds is 2. The van der Waals surface area contributed by atoms with Gasteiger partial charge in [-0.25, -0.2) is 4.98 Å². The number of halogens is 1. The van der Waals surface area contributed by atoms with Crippen molar-refractivity contribution >= 4 is 33.4 Å². The summed E-state index contributed by atoms with van der Waals surface area (Å²) in [5.74, 6) is 0.843. The van der Waals surface area contributed by atoms with Gasteiger partial charge in [0.25, 0.3) is 5.91 Å². The van der Waals surface area contributed by atoms with Gasteiger partial charge in [0.05, 0.1) is 17.5 Å². The molecular weight excluding hydrogens is 444 g/mol. The number of anilines is 1. The van der Waals surface area contributed by atoms with Gasteiger partial charge in [0.15, 0.2) is 11.5 Å². The van der Waals surface area contributed by atoms with Crippen LogP contribution in [0.3, 0.4) is 0 Å². The molecular formula is C24H23BrN2O3. The number of amides is 1. The molecule has 1 fully saturated rings. The number of ether oxygens (including phenoxy) is 1. The van der Waals surface area contributed by atoms with Crippen molar-refractivity contribution in [1.82, 2.24) is 4.98 Å². The third kappa shape index (κ3) is 3.09. The first kappa shape index (κ1) is 19.5. The van der Waals surface area contributed by atoms with E-state index in [9.17, 15) is 9.59 Å². The molecule has 0 spiro atoms. The highest BCUT2D eigenvalue weighted by atomic mass is 79.9. The van der Waals surface area contributed by atoms with Crippen LogP contribution in [-0.2, 0) is 14.3 Å². The topological polar surface area (TPSA) is 59.5 Å². The Kier molecular flexibility index (Phi) is 4.77. The maximum absolute atomic E-state index is 13.7. The van der Waals surface area contributed by atoms with E-state index in [1.807, 2.05) is 49.4 Å². The van der Waals surface area contributed by atoms with E-state index in [-0.39, 0.29) is 29.5 Å². The van der Waals surface area contributed by atoms with Crippen LogP contribution in [0.2, 0.25) is 0 Å². The van der Waals surface area contributed by atoms with Crippen molar-refractivity contribution < 1.29 is 14.3 Å². The summed E-state index contributed by atoms with van der Waals surface area (Å²) < 4.78 is 7.18. The van der Waals surface area contributed by atoms with E-state index in [4.69, 9.17) is 4.74 Å². The fourth-order valence-electron chi connectivity index (χ4n) is 4.94. The highest BCUT2D eigenvalue weighted by Gasteiger charge is 2.53. The van der Waals surface area contributed by atoms with Gasteiger partial charge in [-0.2, -0.15) is 0 Å². The van der Waals surface area contributed by atoms with E-state index in [0.29, 0.717) is 17.3 Å². The van der Waals surface area contributed by atoms with Crippen LogP contribution in [0.5, 0.6) is 0 Å². The molecule has 154 valence electrons. The first-order chi connectivity index (χ1) is 14.4. The second kappa shape index (κ2) is 7.34. The van der Waals surface area contributed by atoms with Crippen molar-refractivity contribution in [2.45, 2.75) is 45.3 Å². The molecule has 1 amide bonds. The molecule has 1 saturated carbocycles. The van der Waals surface area contributed by atoms with Gasteiger partial charge in [-0.1, -0.05) is 41.1 Å². The highest BCUT2D eigenvalue weighted by molar-refractivity contribution is 9.10. The number of fused-ring (bicyclic) bond motifs is 1. The van der Waals surface area contributed by atoms with Crippen LogP contribution in [0, 0.1) is 18.8 Å². The van der Waals surface area contributed by atoms with Crippen LogP contribution < -0.4 is 4.90 Å². The van der Waals surface area contributed by atoms with Crippen LogP contribution in [0.1, 0.15) is 43.5 Å². The summed E-state index contributed by atoms with van der Waals surface area (Å²) in [6, 6.07) is 12.8. The predicted octanol–water partition coefficient (Wildman–Crippen LogP) is 4.90. The quantitative estimate of drug-likeness (QED) is 0.631. The van der Waals surface area contributed by atoms with Gasteiger partial charge in [0.1, 0.15) is 11.9 Å². The molecule has 5 nitrogen and oxygen atoms in total. The molecule has 0 bridgehead atoms. The van der Waals surface area contributed by atoms with Crippen LogP contribution in [0.15, 0.2) is 58.3 Å². The number of carbonyl (C=O) groups excluding carboxylic acids is 2. The molecule has 1 aromatic carbocycles. The Hall–Kier alpha value is -2.47. The average Bonchev–Trinajstić information content (AvgIpc) is 3.02. The summed E-state index contributed by atoms with van der Waals surface area (Å²) in [5.41, 5.74) is 2.18. The molecule has 3 heterocycles. The lowest BCUT2D eigenvalue weighted by Crippen LogP contribution is -2.41. The number of aromatic nitrogens is 1. The molecule has 5 rings (SSSR count). The summed E-state index contributed by atoms with van der Waals surface area (Å²) in [6.45, 7) is 4.08. The Morgan fingerprint density at radius 2 is 1.87 bits per heavy atom. The molecule has 4 unspecified atom stereocenters. The smallest absolute Gasteiger partial charge is 0.295 e.